The van der Waals surface area contributed by atoms with Crippen molar-refractivity contribution < 1.29 is 9.66 Å². The first-order valence-corrected chi connectivity index (χ1v) is 6.02. The van der Waals surface area contributed by atoms with E-state index in [-0.39, 0.29) is 11.4 Å². The quantitative estimate of drug-likeness (QED) is 0.632. The molecule has 0 amide bonds. The lowest BCUT2D eigenvalue weighted by atomic mass is 10.2. The van der Waals surface area contributed by atoms with Gasteiger partial charge in [0.15, 0.2) is 0 Å². The molecule has 2 aromatic rings. The standard InChI is InChI=1S/C13H7BrN2O3/c14-11-2-1-3-12(16(17)18)13(11)19-10-6-4-9(8-15)5-7-10/h1-7H. The summed E-state index contributed by atoms with van der Waals surface area (Å²) >= 11 is 3.22. The van der Waals surface area contributed by atoms with E-state index in [1.807, 2.05) is 6.07 Å². The van der Waals surface area contributed by atoms with E-state index in [4.69, 9.17) is 10.00 Å². The number of ether oxygens (including phenoxy) is 1. The van der Waals surface area contributed by atoms with Crippen LogP contribution >= 0.6 is 15.9 Å². The molecular formula is C13H7BrN2O3. The maximum Gasteiger partial charge on any atom is 0.312 e. The van der Waals surface area contributed by atoms with E-state index in [9.17, 15) is 10.1 Å². The fourth-order valence-corrected chi connectivity index (χ4v) is 1.89. The van der Waals surface area contributed by atoms with Crippen molar-refractivity contribution in [2.24, 2.45) is 0 Å². The highest BCUT2D eigenvalue weighted by Crippen LogP contribution is 2.37. The van der Waals surface area contributed by atoms with E-state index in [1.165, 1.54) is 6.07 Å². The summed E-state index contributed by atoms with van der Waals surface area (Å²) in [7, 11) is 0. The Hall–Kier alpha value is -2.39. The predicted octanol–water partition coefficient (Wildman–Crippen LogP) is 4.02. The Morgan fingerprint density at radius 2 is 1.89 bits per heavy atom. The molecule has 6 heteroatoms. The van der Waals surface area contributed by atoms with E-state index >= 15 is 0 Å². The average molecular weight is 319 g/mol. The molecule has 19 heavy (non-hydrogen) atoms. The summed E-state index contributed by atoms with van der Waals surface area (Å²) in [6.45, 7) is 0. The number of rotatable bonds is 3. The lowest BCUT2D eigenvalue weighted by Crippen LogP contribution is -1.94. The molecule has 0 heterocycles. The van der Waals surface area contributed by atoms with Crippen molar-refractivity contribution in [3.63, 3.8) is 0 Å². The zero-order valence-corrected chi connectivity index (χ0v) is 11.1. The second kappa shape index (κ2) is 5.50. The van der Waals surface area contributed by atoms with Crippen LogP contribution in [-0.2, 0) is 0 Å². The number of nitrogens with zero attached hydrogens (tertiary/aromatic N) is 2. The Balaban J connectivity index is 2.37. The first kappa shape index (κ1) is 13.1. The molecule has 0 unspecified atom stereocenters. The smallest absolute Gasteiger partial charge is 0.312 e. The van der Waals surface area contributed by atoms with Crippen LogP contribution in [0.2, 0.25) is 0 Å². The Morgan fingerprint density at radius 1 is 1.21 bits per heavy atom. The highest BCUT2D eigenvalue weighted by molar-refractivity contribution is 9.10. The van der Waals surface area contributed by atoms with Crippen LogP contribution < -0.4 is 4.74 Å². The van der Waals surface area contributed by atoms with Gasteiger partial charge in [-0.1, -0.05) is 6.07 Å². The lowest BCUT2D eigenvalue weighted by Gasteiger charge is -2.07. The van der Waals surface area contributed by atoms with Crippen molar-refractivity contribution in [3.8, 4) is 17.6 Å². The SMILES string of the molecule is N#Cc1ccc(Oc2c(Br)cccc2[N+](=O)[O-])cc1. The molecule has 0 fully saturated rings. The first-order chi connectivity index (χ1) is 9.11. The number of benzene rings is 2. The zero-order chi connectivity index (χ0) is 13.8. The molecule has 0 aliphatic heterocycles. The lowest BCUT2D eigenvalue weighted by molar-refractivity contribution is -0.385. The third-order valence-electron chi connectivity index (χ3n) is 2.35. The van der Waals surface area contributed by atoms with Crippen LogP contribution in [-0.4, -0.2) is 4.92 Å². The molecule has 0 spiro atoms. The molecule has 0 bridgehead atoms. The van der Waals surface area contributed by atoms with Gasteiger partial charge in [-0.05, 0) is 46.3 Å². The molecule has 0 aromatic heterocycles. The normalized spacial score (nSPS) is 9.68. The fourth-order valence-electron chi connectivity index (χ4n) is 1.46. The summed E-state index contributed by atoms with van der Waals surface area (Å²) in [5.41, 5.74) is 0.368. The molecular weight excluding hydrogens is 312 g/mol. The first-order valence-electron chi connectivity index (χ1n) is 5.22. The molecule has 94 valence electrons. The summed E-state index contributed by atoms with van der Waals surface area (Å²) in [5.74, 6) is 0.561. The largest absolute Gasteiger partial charge is 0.449 e. The minimum atomic E-state index is -0.510. The average Bonchev–Trinajstić information content (AvgIpc) is 2.41. The van der Waals surface area contributed by atoms with Crippen molar-refractivity contribution >= 4 is 21.6 Å². The van der Waals surface area contributed by atoms with Crippen LogP contribution in [0.4, 0.5) is 5.69 Å². The molecule has 0 N–H and O–H groups in total. The van der Waals surface area contributed by atoms with E-state index in [2.05, 4.69) is 15.9 Å². The van der Waals surface area contributed by atoms with Gasteiger partial charge >= 0.3 is 5.69 Å². The van der Waals surface area contributed by atoms with E-state index < -0.39 is 4.92 Å². The summed E-state index contributed by atoms with van der Waals surface area (Å²) in [5, 5.41) is 19.6. The van der Waals surface area contributed by atoms with E-state index in [0.717, 1.165) is 0 Å². The summed E-state index contributed by atoms with van der Waals surface area (Å²) in [6, 6.07) is 12.9. The third kappa shape index (κ3) is 2.89. The topological polar surface area (TPSA) is 76.2 Å². The minimum absolute atomic E-state index is 0.126. The maximum atomic E-state index is 10.9. The molecule has 2 rings (SSSR count). The van der Waals surface area contributed by atoms with Crippen molar-refractivity contribution in [2.75, 3.05) is 0 Å². The molecule has 5 nitrogen and oxygen atoms in total. The van der Waals surface area contributed by atoms with Gasteiger partial charge in [-0.15, -0.1) is 0 Å². The van der Waals surface area contributed by atoms with Crippen LogP contribution in [0, 0.1) is 21.4 Å². The molecule has 2 aromatic carbocycles. The number of hydrogen-bond donors (Lipinski definition) is 0. The van der Waals surface area contributed by atoms with Crippen LogP contribution in [0.25, 0.3) is 0 Å². The second-order valence-electron chi connectivity index (χ2n) is 3.58. The van der Waals surface area contributed by atoms with Crippen molar-refractivity contribution in [3.05, 3.63) is 62.6 Å². The van der Waals surface area contributed by atoms with Crippen LogP contribution in [0.15, 0.2) is 46.9 Å². The van der Waals surface area contributed by atoms with Gasteiger partial charge in [0.1, 0.15) is 5.75 Å². The highest BCUT2D eigenvalue weighted by atomic mass is 79.9. The number of nitro groups is 1. The summed E-state index contributed by atoms with van der Waals surface area (Å²) < 4.78 is 5.99. The second-order valence-corrected chi connectivity index (χ2v) is 4.44. The number of hydrogen-bond acceptors (Lipinski definition) is 4. The van der Waals surface area contributed by atoms with Gasteiger partial charge in [0.05, 0.1) is 21.0 Å². The number of halogens is 1. The van der Waals surface area contributed by atoms with Crippen molar-refractivity contribution in [1.29, 1.82) is 5.26 Å². The van der Waals surface area contributed by atoms with Crippen LogP contribution in [0.5, 0.6) is 11.5 Å². The van der Waals surface area contributed by atoms with E-state index in [0.29, 0.717) is 15.8 Å². The molecule has 0 saturated heterocycles. The van der Waals surface area contributed by atoms with Gasteiger partial charge in [0, 0.05) is 6.07 Å². The fraction of sp³-hybridized carbons (Fsp3) is 0. The van der Waals surface area contributed by atoms with Crippen LogP contribution in [0.3, 0.4) is 0 Å². The molecule has 0 saturated carbocycles. The molecule has 0 aliphatic carbocycles. The van der Waals surface area contributed by atoms with Crippen molar-refractivity contribution in [1.82, 2.24) is 0 Å². The van der Waals surface area contributed by atoms with Gasteiger partial charge in [0.2, 0.25) is 5.75 Å². The zero-order valence-electron chi connectivity index (χ0n) is 9.54. The van der Waals surface area contributed by atoms with Gasteiger partial charge in [-0.2, -0.15) is 5.26 Å². The maximum absolute atomic E-state index is 10.9. The Morgan fingerprint density at radius 3 is 2.47 bits per heavy atom. The Labute approximate surface area is 117 Å². The third-order valence-corrected chi connectivity index (χ3v) is 2.97. The number of para-hydroxylation sites is 1. The van der Waals surface area contributed by atoms with Gasteiger partial charge in [-0.25, -0.2) is 0 Å². The predicted molar refractivity (Wildman–Crippen MR) is 72.0 cm³/mol. The van der Waals surface area contributed by atoms with Gasteiger partial charge in [-0.3, -0.25) is 10.1 Å². The van der Waals surface area contributed by atoms with Gasteiger partial charge in [0.25, 0.3) is 0 Å². The molecule has 0 atom stereocenters. The minimum Gasteiger partial charge on any atom is -0.449 e. The van der Waals surface area contributed by atoms with Crippen molar-refractivity contribution in [2.45, 2.75) is 0 Å². The highest BCUT2D eigenvalue weighted by Gasteiger charge is 2.18. The summed E-state index contributed by atoms with van der Waals surface area (Å²) in [6.07, 6.45) is 0. The van der Waals surface area contributed by atoms with Gasteiger partial charge < -0.3 is 4.74 Å². The number of nitriles is 1. The monoisotopic (exact) mass is 318 g/mol. The molecule has 0 aliphatic rings. The van der Waals surface area contributed by atoms with E-state index in [1.54, 1.807) is 36.4 Å². The van der Waals surface area contributed by atoms with Crippen LogP contribution in [0.1, 0.15) is 5.56 Å². The number of nitro benzene ring substituents is 1. The molecule has 0 radical (unpaired) electrons. The Bertz CT molecular complexity index is 663. The Kier molecular flexibility index (Phi) is 3.78. The summed E-state index contributed by atoms with van der Waals surface area (Å²) in [4.78, 5) is 10.4.